The zero-order valence-corrected chi connectivity index (χ0v) is 11.2. The van der Waals surface area contributed by atoms with Gasteiger partial charge in [0.1, 0.15) is 5.75 Å². The quantitative estimate of drug-likeness (QED) is 0.715. The van der Waals surface area contributed by atoms with Crippen LogP contribution in [0.25, 0.3) is 21.9 Å². The Labute approximate surface area is 116 Å². The highest BCUT2D eigenvalue weighted by molar-refractivity contribution is 6.15. The van der Waals surface area contributed by atoms with Gasteiger partial charge in [-0.25, -0.2) is 0 Å². The van der Waals surface area contributed by atoms with Gasteiger partial charge in [0.25, 0.3) is 0 Å². The zero-order chi connectivity index (χ0) is 13.7. The van der Waals surface area contributed by atoms with Gasteiger partial charge in [-0.1, -0.05) is 6.92 Å². The van der Waals surface area contributed by atoms with E-state index in [1.54, 1.807) is 6.20 Å². The smallest absolute Gasteiger partial charge is 0.203 e. The first-order valence-electron chi connectivity index (χ1n) is 6.87. The third kappa shape index (κ3) is 1.36. The Morgan fingerprint density at radius 2 is 2.20 bits per heavy atom. The molecule has 1 aliphatic heterocycles. The number of fused-ring (bicyclic) bond motifs is 5. The summed E-state index contributed by atoms with van der Waals surface area (Å²) in [6, 6.07) is 7.90. The van der Waals surface area contributed by atoms with E-state index in [0.29, 0.717) is 11.3 Å². The number of hydrogen-bond donors (Lipinski definition) is 0. The Bertz CT molecular complexity index is 848. The van der Waals surface area contributed by atoms with E-state index in [2.05, 4.69) is 22.5 Å². The molecule has 0 atom stereocenters. The highest BCUT2D eigenvalue weighted by Gasteiger charge is 2.26. The first-order valence-corrected chi connectivity index (χ1v) is 6.87. The van der Waals surface area contributed by atoms with Crippen molar-refractivity contribution in [2.24, 2.45) is 0 Å². The first kappa shape index (κ1) is 11.5. The van der Waals surface area contributed by atoms with Crippen molar-refractivity contribution in [3.05, 3.63) is 36.0 Å². The summed E-state index contributed by atoms with van der Waals surface area (Å²) < 4.78 is 7.87. The van der Waals surface area contributed by atoms with Crippen molar-refractivity contribution in [2.75, 3.05) is 6.61 Å². The summed E-state index contributed by atoms with van der Waals surface area (Å²) in [5.41, 5.74) is 3.79. The number of aromatic nitrogens is 2. The van der Waals surface area contributed by atoms with E-state index in [1.807, 2.05) is 18.2 Å². The van der Waals surface area contributed by atoms with Gasteiger partial charge in [0, 0.05) is 12.7 Å². The monoisotopic (exact) mass is 266 g/mol. The van der Waals surface area contributed by atoms with Gasteiger partial charge in [-0.2, -0.15) is 0 Å². The van der Waals surface area contributed by atoms with Crippen molar-refractivity contribution in [3.8, 4) is 5.75 Å². The molecular formula is C16H14N2O2. The van der Waals surface area contributed by atoms with Gasteiger partial charge in [0.15, 0.2) is 6.61 Å². The van der Waals surface area contributed by atoms with E-state index in [9.17, 15) is 4.79 Å². The number of pyridine rings is 1. The fraction of sp³-hybridized carbons (Fsp3) is 0.250. The molecule has 4 nitrogen and oxygen atoms in total. The summed E-state index contributed by atoms with van der Waals surface area (Å²) in [4.78, 5) is 16.3. The number of benzene rings is 1. The van der Waals surface area contributed by atoms with Gasteiger partial charge < -0.3 is 9.30 Å². The Kier molecular flexibility index (Phi) is 2.33. The van der Waals surface area contributed by atoms with E-state index in [1.165, 1.54) is 0 Å². The number of carbonyl (C=O) groups is 1. The summed E-state index contributed by atoms with van der Waals surface area (Å²) in [5.74, 6) is 0.750. The number of aryl methyl sites for hydroxylation is 1. The van der Waals surface area contributed by atoms with E-state index < -0.39 is 0 Å². The van der Waals surface area contributed by atoms with Crippen LogP contribution in [0.15, 0.2) is 30.5 Å². The van der Waals surface area contributed by atoms with Crippen LogP contribution in [0, 0.1) is 0 Å². The second-order valence-corrected chi connectivity index (χ2v) is 5.07. The number of rotatable bonds is 2. The van der Waals surface area contributed by atoms with Crippen LogP contribution < -0.4 is 4.74 Å². The molecule has 0 radical (unpaired) electrons. The molecule has 4 heteroatoms. The molecule has 2 aromatic heterocycles. The Balaban J connectivity index is 2.19. The molecule has 100 valence electrons. The maximum absolute atomic E-state index is 11.8. The maximum Gasteiger partial charge on any atom is 0.203 e. The fourth-order valence-corrected chi connectivity index (χ4v) is 3.01. The molecule has 0 bridgehead atoms. The molecule has 0 N–H and O–H groups in total. The third-order valence-corrected chi connectivity index (χ3v) is 3.84. The lowest BCUT2D eigenvalue weighted by Crippen LogP contribution is -1.98. The molecule has 0 fully saturated rings. The molecule has 3 heterocycles. The lowest BCUT2D eigenvalue weighted by molar-refractivity contribution is 0.0961. The number of ketones is 1. The van der Waals surface area contributed by atoms with Gasteiger partial charge in [0.05, 0.1) is 27.5 Å². The van der Waals surface area contributed by atoms with Gasteiger partial charge in [0.2, 0.25) is 5.78 Å². The largest absolute Gasteiger partial charge is 0.484 e. The standard InChI is InChI=1S/C16H14N2O2/c1-2-8-18-11-6-5-10-13(19)9-20-16(10)14(11)15-12(18)4-3-7-17-15/h3-7H,2,8-9H2,1H3. The maximum atomic E-state index is 11.8. The number of Topliss-reactive ketones (excluding diaryl/α,β-unsaturated/α-hetero) is 1. The number of nitrogens with zero attached hydrogens (tertiary/aromatic N) is 2. The molecule has 0 amide bonds. The molecule has 20 heavy (non-hydrogen) atoms. The fourth-order valence-electron chi connectivity index (χ4n) is 3.01. The van der Waals surface area contributed by atoms with E-state index in [0.717, 1.165) is 34.9 Å². The van der Waals surface area contributed by atoms with E-state index in [-0.39, 0.29) is 12.4 Å². The van der Waals surface area contributed by atoms with Crippen LogP contribution >= 0.6 is 0 Å². The molecule has 0 saturated heterocycles. The predicted molar refractivity (Wildman–Crippen MR) is 77.4 cm³/mol. The normalized spacial score (nSPS) is 13.9. The van der Waals surface area contributed by atoms with Crippen molar-refractivity contribution in [2.45, 2.75) is 19.9 Å². The van der Waals surface area contributed by atoms with Crippen molar-refractivity contribution in [1.82, 2.24) is 9.55 Å². The van der Waals surface area contributed by atoms with E-state index in [4.69, 9.17) is 4.74 Å². The molecule has 0 aliphatic carbocycles. The van der Waals surface area contributed by atoms with Gasteiger partial charge in [-0.15, -0.1) is 0 Å². The minimum absolute atomic E-state index is 0.0502. The average molecular weight is 266 g/mol. The topological polar surface area (TPSA) is 44.1 Å². The number of ether oxygens (including phenoxy) is 1. The predicted octanol–water partition coefficient (Wildman–Crippen LogP) is 3.17. The van der Waals surface area contributed by atoms with Crippen LogP contribution in [0.3, 0.4) is 0 Å². The van der Waals surface area contributed by atoms with Crippen LogP contribution in [0.5, 0.6) is 5.75 Å². The van der Waals surface area contributed by atoms with Crippen molar-refractivity contribution in [3.63, 3.8) is 0 Å². The SMILES string of the molecule is CCCn1c2cccnc2c2c3c(ccc21)C(=O)CO3. The average Bonchev–Trinajstić information content (AvgIpc) is 3.00. The summed E-state index contributed by atoms with van der Waals surface area (Å²) in [6.07, 6.45) is 2.83. The Morgan fingerprint density at radius 1 is 1.30 bits per heavy atom. The first-order chi connectivity index (χ1) is 9.81. The molecule has 0 spiro atoms. The number of carbonyl (C=O) groups excluding carboxylic acids is 1. The van der Waals surface area contributed by atoms with Gasteiger partial charge in [-0.05, 0) is 30.7 Å². The van der Waals surface area contributed by atoms with Crippen molar-refractivity contribution in [1.29, 1.82) is 0 Å². The van der Waals surface area contributed by atoms with Crippen molar-refractivity contribution < 1.29 is 9.53 Å². The lowest BCUT2D eigenvalue weighted by atomic mass is 10.1. The van der Waals surface area contributed by atoms with Crippen LogP contribution in [0.4, 0.5) is 0 Å². The van der Waals surface area contributed by atoms with Crippen LogP contribution in [0.1, 0.15) is 23.7 Å². The molecule has 1 aromatic carbocycles. The second-order valence-electron chi connectivity index (χ2n) is 5.07. The van der Waals surface area contributed by atoms with Crippen LogP contribution in [0.2, 0.25) is 0 Å². The summed E-state index contributed by atoms with van der Waals surface area (Å²) in [7, 11) is 0. The van der Waals surface area contributed by atoms with Crippen LogP contribution in [-0.2, 0) is 6.54 Å². The minimum Gasteiger partial charge on any atom is -0.484 e. The summed E-state index contributed by atoms with van der Waals surface area (Å²) in [5, 5.41) is 0.970. The third-order valence-electron chi connectivity index (χ3n) is 3.84. The molecule has 0 unspecified atom stereocenters. The van der Waals surface area contributed by atoms with Crippen LogP contribution in [-0.4, -0.2) is 21.9 Å². The molecule has 3 aromatic rings. The molecule has 4 rings (SSSR count). The van der Waals surface area contributed by atoms with Crippen molar-refractivity contribution >= 4 is 27.7 Å². The molecule has 1 aliphatic rings. The number of hydrogen-bond acceptors (Lipinski definition) is 3. The Hall–Kier alpha value is -2.36. The second kappa shape index (κ2) is 4.07. The summed E-state index contributed by atoms with van der Waals surface area (Å²) >= 11 is 0. The molecular weight excluding hydrogens is 252 g/mol. The van der Waals surface area contributed by atoms with Gasteiger partial charge >= 0.3 is 0 Å². The zero-order valence-electron chi connectivity index (χ0n) is 11.2. The summed E-state index contributed by atoms with van der Waals surface area (Å²) in [6.45, 7) is 3.22. The highest BCUT2D eigenvalue weighted by atomic mass is 16.5. The van der Waals surface area contributed by atoms with E-state index >= 15 is 0 Å². The highest BCUT2D eigenvalue weighted by Crippen LogP contribution is 2.39. The van der Waals surface area contributed by atoms with Gasteiger partial charge in [-0.3, -0.25) is 9.78 Å². The Morgan fingerprint density at radius 3 is 3.05 bits per heavy atom. The lowest BCUT2D eigenvalue weighted by Gasteiger charge is -2.05. The molecule has 0 saturated carbocycles. The minimum atomic E-state index is 0.0502.